The fourth-order valence-electron chi connectivity index (χ4n) is 3.04. The standard InChI is InChI=1S/C20H27ClN4O6S/c1-3-4-10-25-18(22)17(19(27)23-20(25)28)24(11-12-31-2)16(26)9-13-32(29,30)15-7-5-14(21)6-8-15/h5-8H,3-4,9-13,22H2,1-2H3,(H,23,27,28). The molecule has 0 aliphatic rings. The van der Waals surface area contributed by atoms with Crippen molar-refractivity contribution in [3.63, 3.8) is 0 Å². The number of aromatic nitrogens is 2. The van der Waals surface area contributed by atoms with Gasteiger partial charge in [-0.1, -0.05) is 24.9 Å². The Balaban J connectivity index is 2.35. The Hall–Kier alpha value is -2.63. The summed E-state index contributed by atoms with van der Waals surface area (Å²) in [4.78, 5) is 41.0. The van der Waals surface area contributed by atoms with E-state index in [1.807, 2.05) is 6.92 Å². The van der Waals surface area contributed by atoms with Crippen LogP contribution in [0, 0.1) is 0 Å². The Morgan fingerprint density at radius 2 is 1.91 bits per heavy atom. The highest BCUT2D eigenvalue weighted by Crippen LogP contribution is 2.20. The quantitative estimate of drug-likeness (QED) is 0.488. The smallest absolute Gasteiger partial charge is 0.330 e. The van der Waals surface area contributed by atoms with Crippen LogP contribution in [0.2, 0.25) is 5.02 Å². The summed E-state index contributed by atoms with van der Waals surface area (Å²) in [6.45, 7) is 2.23. The number of hydrogen-bond acceptors (Lipinski definition) is 7. The first-order valence-corrected chi connectivity index (χ1v) is 12.1. The van der Waals surface area contributed by atoms with Crippen molar-refractivity contribution >= 4 is 38.9 Å². The Morgan fingerprint density at radius 3 is 2.50 bits per heavy atom. The second-order valence-electron chi connectivity index (χ2n) is 7.06. The van der Waals surface area contributed by atoms with E-state index in [9.17, 15) is 22.8 Å². The third kappa shape index (κ3) is 6.21. The minimum absolute atomic E-state index is 0.0311. The minimum atomic E-state index is -3.77. The Kier molecular flexibility index (Phi) is 9.05. The Bertz CT molecular complexity index is 1160. The number of nitrogens with two attached hydrogens (primary N) is 1. The van der Waals surface area contributed by atoms with Crippen molar-refractivity contribution < 1.29 is 17.9 Å². The predicted molar refractivity (Wildman–Crippen MR) is 123 cm³/mol. The zero-order valence-electron chi connectivity index (χ0n) is 18.0. The second-order valence-corrected chi connectivity index (χ2v) is 9.60. The first-order chi connectivity index (χ1) is 15.1. The van der Waals surface area contributed by atoms with Crippen LogP contribution in [0.1, 0.15) is 26.2 Å². The molecule has 2 aromatic rings. The number of ether oxygens (including phenoxy) is 1. The molecule has 0 fully saturated rings. The molecule has 1 aromatic carbocycles. The number of methoxy groups -OCH3 is 1. The summed E-state index contributed by atoms with van der Waals surface area (Å²) in [5.74, 6) is -1.28. The molecule has 0 radical (unpaired) electrons. The molecule has 2 rings (SSSR count). The number of nitrogens with zero attached hydrogens (tertiary/aromatic N) is 2. The SMILES string of the molecule is CCCCn1c(N)c(N(CCOC)C(=O)CCS(=O)(=O)c2ccc(Cl)cc2)c(=O)[nH]c1=O. The van der Waals surface area contributed by atoms with Gasteiger partial charge in [0.2, 0.25) is 5.91 Å². The first-order valence-electron chi connectivity index (χ1n) is 10.0. The van der Waals surface area contributed by atoms with E-state index in [1.54, 1.807) is 0 Å². The zero-order chi connectivity index (χ0) is 23.9. The normalized spacial score (nSPS) is 11.5. The third-order valence-corrected chi connectivity index (χ3v) is 6.78. The number of anilines is 2. The highest BCUT2D eigenvalue weighted by Gasteiger charge is 2.26. The van der Waals surface area contributed by atoms with Crippen LogP contribution in [-0.4, -0.2) is 49.9 Å². The molecule has 12 heteroatoms. The lowest BCUT2D eigenvalue weighted by molar-refractivity contribution is -0.118. The fraction of sp³-hybridized carbons (Fsp3) is 0.450. The first kappa shape index (κ1) is 25.6. The van der Waals surface area contributed by atoms with E-state index in [2.05, 4.69) is 4.98 Å². The van der Waals surface area contributed by atoms with Crippen LogP contribution in [0.25, 0.3) is 0 Å². The van der Waals surface area contributed by atoms with Gasteiger partial charge >= 0.3 is 5.69 Å². The number of halogens is 1. The number of aromatic amines is 1. The molecule has 0 spiro atoms. The highest BCUT2D eigenvalue weighted by molar-refractivity contribution is 7.91. The van der Waals surface area contributed by atoms with Crippen LogP contribution in [-0.2, 0) is 25.9 Å². The molecular formula is C20H27ClN4O6S. The number of carbonyl (C=O) groups excluding carboxylic acids is 1. The van der Waals surface area contributed by atoms with Gasteiger partial charge in [-0.15, -0.1) is 0 Å². The molecule has 0 bridgehead atoms. The molecule has 10 nitrogen and oxygen atoms in total. The number of amides is 1. The van der Waals surface area contributed by atoms with Gasteiger partial charge in [0.15, 0.2) is 15.5 Å². The average molecular weight is 487 g/mol. The number of nitrogen functional groups attached to an aromatic ring is 1. The summed E-state index contributed by atoms with van der Waals surface area (Å²) < 4.78 is 31.4. The monoisotopic (exact) mass is 486 g/mol. The van der Waals surface area contributed by atoms with Crippen molar-refractivity contribution in [2.45, 2.75) is 37.6 Å². The van der Waals surface area contributed by atoms with Gasteiger partial charge in [0.25, 0.3) is 5.56 Å². The minimum Gasteiger partial charge on any atom is -0.383 e. The van der Waals surface area contributed by atoms with Crippen LogP contribution in [0.3, 0.4) is 0 Å². The maximum Gasteiger partial charge on any atom is 0.330 e. The summed E-state index contributed by atoms with van der Waals surface area (Å²) in [6.07, 6.45) is 1.03. The molecule has 3 N–H and O–H groups in total. The van der Waals surface area contributed by atoms with Gasteiger partial charge in [0.1, 0.15) is 5.82 Å². The molecule has 0 saturated heterocycles. The van der Waals surface area contributed by atoms with E-state index in [-0.39, 0.29) is 36.1 Å². The van der Waals surface area contributed by atoms with Crippen molar-refractivity contribution in [3.05, 3.63) is 50.1 Å². The molecule has 32 heavy (non-hydrogen) atoms. The lowest BCUT2D eigenvalue weighted by Gasteiger charge is -2.24. The van der Waals surface area contributed by atoms with Gasteiger partial charge in [-0.3, -0.25) is 19.1 Å². The van der Waals surface area contributed by atoms with Gasteiger partial charge in [0.05, 0.1) is 17.3 Å². The van der Waals surface area contributed by atoms with Gasteiger partial charge in [-0.25, -0.2) is 13.2 Å². The lowest BCUT2D eigenvalue weighted by Crippen LogP contribution is -2.43. The molecular weight excluding hydrogens is 460 g/mol. The van der Waals surface area contributed by atoms with Crippen LogP contribution in [0.15, 0.2) is 38.8 Å². The fourth-order valence-corrected chi connectivity index (χ4v) is 4.39. The molecule has 1 aromatic heterocycles. The van der Waals surface area contributed by atoms with Gasteiger partial charge in [-0.05, 0) is 30.7 Å². The van der Waals surface area contributed by atoms with Crippen molar-refractivity contribution in [1.29, 1.82) is 0 Å². The number of unbranched alkanes of at least 4 members (excludes halogenated alkanes) is 1. The summed E-state index contributed by atoms with van der Waals surface area (Å²) in [7, 11) is -2.35. The summed E-state index contributed by atoms with van der Waals surface area (Å²) >= 11 is 5.80. The topological polar surface area (TPSA) is 145 Å². The van der Waals surface area contributed by atoms with E-state index >= 15 is 0 Å². The lowest BCUT2D eigenvalue weighted by atomic mass is 10.3. The summed E-state index contributed by atoms with van der Waals surface area (Å²) in [5, 5.41) is 0.388. The van der Waals surface area contributed by atoms with E-state index in [1.165, 1.54) is 35.9 Å². The second kappa shape index (κ2) is 11.3. The van der Waals surface area contributed by atoms with Gasteiger partial charge in [0, 0.05) is 31.6 Å². The van der Waals surface area contributed by atoms with E-state index in [0.29, 0.717) is 11.4 Å². The number of carbonyl (C=O) groups is 1. The maximum atomic E-state index is 13.0. The summed E-state index contributed by atoms with van der Waals surface area (Å²) in [5.41, 5.74) is 4.40. The van der Waals surface area contributed by atoms with Crippen molar-refractivity contribution in [2.75, 3.05) is 36.6 Å². The molecule has 176 valence electrons. The van der Waals surface area contributed by atoms with Crippen LogP contribution in [0.4, 0.5) is 11.5 Å². The highest BCUT2D eigenvalue weighted by atomic mass is 35.5. The van der Waals surface area contributed by atoms with E-state index in [0.717, 1.165) is 11.3 Å². The molecule has 0 saturated carbocycles. The molecule has 1 amide bonds. The average Bonchev–Trinajstić information content (AvgIpc) is 2.74. The van der Waals surface area contributed by atoms with Crippen molar-refractivity contribution in [2.24, 2.45) is 0 Å². The zero-order valence-corrected chi connectivity index (χ0v) is 19.5. The van der Waals surface area contributed by atoms with Gasteiger partial charge in [-0.2, -0.15) is 0 Å². The number of H-pyrrole nitrogens is 1. The van der Waals surface area contributed by atoms with Crippen LogP contribution < -0.4 is 21.9 Å². The predicted octanol–water partition coefficient (Wildman–Crippen LogP) is 1.42. The number of hydrogen-bond donors (Lipinski definition) is 2. The molecule has 0 unspecified atom stereocenters. The maximum absolute atomic E-state index is 13.0. The number of rotatable bonds is 11. The molecule has 1 heterocycles. The third-order valence-electron chi connectivity index (χ3n) is 4.80. The number of sulfone groups is 1. The van der Waals surface area contributed by atoms with Crippen LogP contribution >= 0.6 is 11.6 Å². The van der Waals surface area contributed by atoms with Crippen molar-refractivity contribution in [1.82, 2.24) is 9.55 Å². The van der Waals surface area contributed by atoms with Gasteiger partial charge < -0.3 is 15.4 Å². The van der Waals surface area contributed by atoms with Crippen molar-refractivity contribution in [3.8, 4) is 0 Å². The number of nitrogens with one attached hydrogen (secondary N) is 1. The largest absolute Gasteiger partial charge is 0.383 e. The molecule has 0 aliphatic heterocycles. The molecule has 0 aliphatic carbocycles. The van der Waals surface area contributed by atoms with E-state index in [4.69, 9.17) is 22.1 Å². The Morgan fingerprint density at radius 1 is 1.25 bits per heavy atom. The van der Waals surface area contributed by atoms with E-state index < -0.39 is 39.2 Å². The Labute approximate surface area is 190 Å². The summed E-state index contributed by atoms with van der Waals surface area (Å²) in [6, 6.07) is 5.61. The van der Waals surface area contributed by atoms with Crippen LogP contribution in [0.5, 0.6) is 0 Å². The molecule has 0 atom stereocenters. The number of benzene rings is 1.